The third kappa shape index (κ3) is 4.50. The van der Waals surface area contributed by atoms with Crippen molar-refractivity contribution < 1.29 is 0 Å². The van der Waals surface area contributed by atoms with Gasteiger partial charge in [0.25, 0.3) is 0 Å². The van der Waals surface area contributed by atoms with Gasteiger partial charge in [0, 0.05) is 12.2 Å². The summed E-state index contributed by atoms with van der Waals surface area (Å²) in [6.45, 7) is 7.34. The molecule has 5 heteroatoms. The standard InChI is InChI=1S/C15H21N5/c1-11(2)7-8-16-14-10-17-20-15(19-14)18-13-6-4-5-12(3)9-13/h4-6,9-11H,7-8H2,1-3H3,(H2,16,18,19,20). The molecule has 0 aliphatic carbocycles. The van der Waals surface area contributed by atoms with Crippen molar-refractivity contribution in [3.05, 3.63) is 36.0 Å². The number of benzene rings is 1. The summed E-state index contributed by atoms with van der Waals surface area (Å²) < 4.78 is 0. The van der Waals surface area contributed by atoms with E-state index < -0.39 is 0 Å². The highest BCUT2D eigenvalue weighted by atomic mass is 15.3. The number of anilines is 3. The Kier molecular flexibility index (Phi) is 4.87. The molecule has 106 valence electrons. The molecule has 1 aromatic heterocycles. The van der Waals surface area contributed by atoms with Crippen LogP contribution in [-0.4, -0.2) is 21.7 Å². The first-order valence-electron chi connectivity index (χ1n) is 6.91. The molecule has 2 rings (SSSR count). The molecule has 2 aromatic rings. The van der Waals surface area contributed by atoms with Crippen LogP contribution in [0.3, 0.4) is 0 Å². The molecule has 0 bridgehead atoms. The number of hydrogen-bond donors (Lipinski definition) is 2. The lowest BCUT2D eigenvalue weighted by Gasteiger charge is -2.09. The minimum atomic E-state index is 0.505. The minimum absolute atomic E-state index is 0.505. The molecule has 0 saturated carbocycles. The van der Waals surface area contributed by atoms with Crippen LogP contribution >= 0.6 is 0 Å². The van der Waals surface area contributed by atoms with Crippen LogP contribution in [0, 0.1) is 12.8 Å². The summed E-state index contributed by atoms with van der Waals surface area (Å²) in [4.78, 5) is 4.40. The van der Waals surface area contributed by atoms with Crippen molar-refractivity contribution in [3.8, 4) is 0 Å². The van der Waals surface area contributed by atoms with E-state index in [1.807, 2.05) is 31.2 Å². The molecule has 0 aliphatic rings. The van der Waals surface area contributed by atoms with Gasteiger partial charge in [-0.15, -0.1) is 5.10 Å². The van der Waals surface area contributed by atoms with Gasteiger partial charge in [-0.05, 0) is 37.0 Å². The van der Waals surface area contributed by atoms with E-state index in [-0.39, 0.29) is 0 Å². The number of hydrogen-bond acceptors (Lipinski definition) is 5. The predicted molar refractivity (Wildman–Crippen MR) is 82.2 cm³/mol. The van der Waals surface area contributed by atoms with Crippen molar-refractivity contribution in [2.45, 2.75) is 27.2 Å². The first-order valence-corrected chi connectivity index (χ1v) is 6.91. The summed E-state index contributed by atoms with van der Waals surface area (Å²) in [7, 11) is 0. The van der Waals surface area contributed by atoms with E-state index in [0.717, 1.165) is 24.5 Å². The fourth-order valence-corrected chi connectivity index (χ4v) is 1.78. The smallest absolute Gasteiger partial charge is 0.249 e. The summed E-state index contributed by atoms with van der Waals surface area (Å²) >= 11 is 0. The van der Waals surface area contributed by atoms with Gasteiger partial charge in [0.05, 0.1) is 6.20 Å². The third-order valence-electron chi connectivity index (χ3n) is 2.86. The number of nitrogens with one attached hydrogen (secondary N) is 2. The molecule has 0 amide bonds. The van der Waals surface area contributed by atoms with E-state index in [2.05, 4.69) is 39.7 Å². The summed E-state index contributed by atoms with van der Waals surface area (Å²) in [5, 5.41) is 14.4. The first kappa shape index (κ1) is 14.2. The van der Waals surface area contributed by atoms with Crippen molar-refractivity contribution >= 4 is 17.5 Å². The van der Waals surface area contributed by atoms with Gasteiger partial charge in [-0.3, -0.25) is 0 Å². The largest absolute Gasteiger partial charge is 0.369 e. The van der Waals surface area contributed by atoms with Gasteiger partial charge < -0.3 is 10.6 Å². The Hall–Kier alpha value is -2.17. The van der Waals surface area contributed by atoms with Gasteiger partial charge in [-0.25, -0.2) is 0 Å². The van der Waals surface area contributed by atoms with Gasteiger partial charge in [-0.1, -0.05) is 26.0 Å². The Morgan fingerprint density at radius 3 is 2.85 bits per heavy atom. The third-order valence-corrected chi connectivity index (χ3v) is 2.86. The monoisotopic (exact) mass is 271 g/mol. The van der Waals surface area contributed by atoms with Crippen LogP contribution in [-0.2, 0) is 0 Å². The van der Waals surface area contributed by atoms with Crippen LogP contribution in [0.2, 0.25) is 0 Å². The van der Waals surface area contributed by atoms with Crippen LogP contribution in [0.25, 0.3) is 0 Å². The fraction of sp³-hybridized carbons (Fsp3) is 0.400. The van der Waals surface area contributed by atoms with Crippen LogP contribution in [0.15, 0.2) is 30.5 Å². The molecule has 2 N–H and O–H groups in total. The van der Waals surface area contributed by atoms with Gasteiger partial charge in [0.2, 0.25) is 5.95 Å². The Bertz CT molecular complexity index is 553. The zero-order valence-corrected chi connectivity index (χ0v) is 12.2. The number of nitrogens with zero attached hydrogens (tertiary/aromatic N) is 3. The van der Waals surface area contributed by atoms with E-state index in [1.54, 1.807) is 6.20 Å². The molecule has 0 radical (unpaired) electrons. The average Bonchev–Trinajstić information content (AvgIpc) is 2.39. The molecule has 1 aromatic carbocycles. The second-order valence-electron chi connectivity index (χ2n) is 5.27. The van der Waals surface area contributed by atoms with Gasteiger partial charge in [0.1, 0.15) is 0 Å². The first-order chi connectivity index (χ1) is 9.63. The fourth-order valence-electron chi connectivity index (χ4n) is 1.78. The molecule has 0 saturated heterocycles. The van der Waals surface area contributed by atoms with E-state index in [9.17, 15) is 0 Å². The van der Waals surface area contributed by atoms with E-state index in [0.29, 0.717) is 11.9 Å². The number of aromatic nitrogens is 3. The van der Waals surface area contributed by atoms with Gasteiger partial charge in [0.15, 0.2) is 5.82 Å². The molecule has 5 nitrogen and oxygen atoms in total. The zero-order chi connectivity index (χ0) is 14.4. The van der Waals surface area contributed by atoms with Crippen molar-refractivity contribution in [2.75, 3.05) is 17.2 Å². The highest BCUT2D eigenvalue weighted by Gasteiger charge is 2.02. The maximum atomic E-state index is 4.40. The Balaban J connectivity index is 1.99. The molecule has 0 atom stereocenters. The molecule has 0 spiro atoms. The average molecular weight is 271 g/mol. The summed E-state index contributed by atoms with van der Waals surface area (Å²) in [6.07, 6.45) is 2.74. The maximum absolute atomic E-state index is 4.40. The lowest BCUT2D eigenvalue weighted by atomic mass is 10.1. The second kappa shape index (κ2) is 6.84. The molecule has 1 heterocycles. The molecule has 0 aliphatic heterocycles. The van der Waals surface area contributed by atoms with Crippen molar-refractivity contribution in [2.24, 2.45) is 5.92 Å². The van der Waals surface area contributed by atoms with Crippen molar-refractivity contribution in [1.82, 2.24) is 15.2 Å². The quantitative estimate of drug-likeness (QED) is 0.843. The summed E-state index contributed by atoms with van der Waals surface area (Å²) in [5.41, 5.74) is 2.15. The van der Waals surface area contributed by atoms with Crippen molar-refractivity contribution in [1.29, 1.82) is 0 Å². The van der Waals surface area contributed by atoms with E-state index in [4.69, 9.17) is 0 Å². The second-order valence-corrected chi connectivity index (χ2v) is 5.27. The highest BCUT2D eigenvalue weighted by Crippen LogP contribution is 2.14. The van der Waals surface area contributed by atoms with E-state index in [1.165, 1.54) is 5.56 Å². The highest BCUT2D eigenvalue weighted by molar-refractivity contribution is 5.54. The van der Waals surface area contributed by atoms with E-state index >= 15 is 0 Å². The van der Waals surface area contributed by atoms with Crippen LogP contribution in [0.1, 0.15) is 25.8 Å². The summed E-state index contributed by atoms with van der Waals surface area (Å²) in [5.74, 6) is 1.92. The zero-order valence-electron chi connectivity index (χ0n) is 12.2. The lowest BCUT2D eigenvalue weighted by molar-refractivity contribution is 0.606. The maximum Gasteiger partial charge on any atom is 0.249 e. The minimum Gasteiger partial charge on any atom is -0.369 e. The summed E-state index contributed by atoms with van der Waals surface area (Å²) in [6, 6.07) is 8.07. The SMILES string of the molecule is Cc1cccc(Nc2nncc(NCCC(C)C)n2)c1. The molecule has 0 fully saturated rings. The van der Waals surface area contributed by atoms with Crippen molar-refractivity contribution in [3.63, 3.8) is 0 Å². The van der Waals surface area contributed by atoms with Gasteiger partial charge >= 0.3 is 0 Å². The van der Waals surface area contributed by atoms with Crippen LogP contribution < -0.4 is 10.6 Å². The normalized spacial score (nSPS) is 10.6. The molecule has 0 unspecified atom stereocenters. The van der Waals surface area contributed by atoms with Crippen LogP contribution in [0.4, 0.5) is 17.5 Å². The predicted octanol–water partition coefficient (Wildman–Crippen LogP) is 3.38. The topological polar surface area (TPSA) is 62.7 Å². The Labute approximate surface area is 119 Å². The number of rotatable bonds is 6. The van der Waals surface area contributed by atoms with Gasteiger partial charge in [-0.2, -0.15) is 10.1 Å². The van der Waals surface area contributed by atoms with Crippen LogP contribution in [0.5, 0.6) is 0 Å². The molecular weight excluding hydrogens is 250 g/mol. The molecule has 20 heavy (non-hydrogen) atoms. The Morgan fingerprint density at radius 2 is 2.10 bits per heavy atom. The number of aryl methyl sites for hydroxylation is 1. The lowest BCUT2D eigenvalue weighted by Crippen LogP contribution is -2.08. The molecular formula is C15H21N5. The Morgan fingerprint density at radius 1 is 1.25 bits per heavy atom.